The maximum absolute atomic E-state index is 12.7. The minimum absolute atomic E-state index is 0.0740. The standard InChI is InChI=1S/C19H24N2O5/c1-12(2)13-3-5-14(6-4-13)21-9-7-15(17(21)23)16(22)20-19(18(24)25)8-10-26-11-19/h3-6,12,15H,7-11H2,1-2H3,(H,20,22)(H,24,25). The highest BCUT2D eigenvalue weighted by atomic mass is 16.5. The van der Waals surface area contributed by atoms with E-state index in [2.05, 4.69) is 19.2 Å². The van der Waals surface area contributed by atoms with E-state index in [1.807, 2.05) is 24.3 Å². The van der Waals surface area contributed by atoms with Gasteiger partial charge in [-0.1, -0.05) is 26.0 Å². The molecule has 0 saturated carbocycles. The van der Waals surface area contributed by atoms with Gasteiger partial charge in [-0.25, -0.2) is 4.79 Å². The molecule has 7 heteroatoms. The van der Waals surface area contributed by atoms with Crippen LogP contribution in [0.1, 0.15) is 38.2 Å². The molecule has 0 aliphatic carbocycles. The Kier molecular flexibility index (Phi) is 5.00. The summed E-state index contributed by atoms with van der Waals surface area (Å²) >= 11 is 0. The molecule has 3 rings (SSSR count). The van der Waals surface area contributed by atoms with Gasteiger partial charge in [-0.3, -0.25) is 9.59 Å². The number of benzene rings is 1. The lowest BCUT2D eigenvalue weighted by Gasteiger charge is -2.25. The van der Waals surface area contributed by atoms with Crippen LogP contribution in [0.5, 0.6) is 0 Å². The summed E-state index contributed by atoms with van der Waals surface area (Å²) in [5.74, 6) is -2.42. The number of carboxylic acids is 1. The average Bonchev–Trinajstić information content (AvgIpc) is 3.22. The number of ether oxygens (including phenoxy) is 1. The average molecular weight is 360 g/mol. The van der Waals surface area contributed by atoms with Crippen molar-refractivity contribution in [2.24, 2.45) is 5.92 Å². The highest BCUT2D eigenvalue weighted by molar-refractivity contribution is 6.10. The first kappa shape index (κ1) is 18.4. The van der Waals surface area contributed by atoms with Gasteiger partial charge in [0, 0.05) is 25.3 Å². The monoisotopic (exact) mass is 360 g/mol. The predicted molar refractivity (Wildman–Crippen MR) is 94.9 cm³/mol. The number of nitrogens with zero attached hydrogens (tertiary/aromatic N) is 1. The Morgan fingerprint density at radius 2 is 2.00 bits per heavy atom. The molecule has 7 nitrogen and oxygen atoms in total. The second-order valence-corrected chi connectivity index (χ2v) is 7.26. The summed E-state index contributed by atoms with van der Waals surface area (Å²) in [5.41, 5.74) is 0.509. The van der Waals surface area contributed by atoms with Gasteiger partial charge in [0.1, 0.15) is 5.92 Å². The van der Waals surface area contributed by atoms with Crippen molar-refractivity contribution in [3.05, 3.63) is 29.8 Å². The van der Waals surface area contributed by atoms with Crippen LogP contribution in [0.3, 0.4) is 0 Å². The Labute approximate surface area is 152 Å². The Balaban J connectivity index is 1.70. The number of amides is 2. The number of aliphatic carboxylic acids is 1. The molecule has 1 aromatic rings. The zero-order chi connectivity index (χ0) is 18.9. The van der Waals surface area contributed by atoms with Gasteiger partial charge in [-0.2, -0.15) is 0 Å². The number of hydrogen-bond acceptors (Lipinski definition) is 4. The summed E-state index contributed by atoms with van der Waals surface area (Å²) in [6.45, 7) is 4.84. The molecule has 2 fully saturated rings. The Hall–Kier alpha value is -2.41. The number of carbonyl (C=O) groups is 3. The van der Waals surface area contributed by atoms with Crippen LogP contribution in [0, 0.1) is 5.92 Å². The minimum Gasteiger partial charge on any atom is -0.479 e. The quantitative estimate of drug-likeness (QED) is 0.776. The van der Waals surface area contributed by atoms with Crippen LogP contribution in [0.4, 0.5) is 5.69 Å². The molecule has 2 atom stereocenters. The van der Waals surface area contributed by atoms with Gasteiger partial charge >= 0.3 is 5.97 Å². The smallest absolute Gasteiger partial charge is 0.331 e. The Morgan fingerprint density at radius 1 is 1.31 bits per heavy atom. The number of hydrogen-bond donors (Lipinski definition) is 2. The van der Waals surface area contributed by atoms with E-state index in [0.29, 0.717) is 18.9 Å². The molecule has 0 bridgehead atoms. The maximum atomic E-state index is 12.7. The summed E-state index contributed by atoms with van der Waals surface area (Å²) in [6.07, 6.45) is 0.572. The van der Waals surface area contributed by atoms with Gasteiger partial charge in [-0.05, 0) is 30.0 Å². The SMILES string of the molecule is CC(C)c1ccc(N2CCC(C(=O)NC3(C(=O)O)CCOC3)C2=O)cc1. The second kappa shape index (κ2) is 7.07. The molecule has 2 N–H and O–H groups in total. The van der Waals surface area contributed by atoms with Gasteiger partial charge in [0.25, 0.3) is 0 Å². The molecule has 0 spiro atoms. The fourth-order valence-electron chi connectivity index (χ4n) is 3.43. The third-order valence-corrected chi connectivity index (χ3v) is 5.19. The van der Waals surface area contributed by atoms with E-state index in [-0.39, 0.29) is 25.5 Å². The topological polar surface area (TPSA) is 95.9 Å². The van der Waals surface area contributed by atoms with E-state index >= 15 is 0 Å². The normalized spacial score (nSPS) is 25.7. The van der Waals surface area contributed by atoms with Crippen LogP contribution in [0.15, 0.2) is 24.3 Å². The van der Waals surface area contributed by atoms with Crippen molar-refractivity contribution in [3.63, 3.8) is 0 Å². The number of carboxylic acid groups (broad SMARTS) is 1. The van der Waals surface area contributed by atoms with E-state index in [4.69, 9.17) is 4.74 Å². The number of carbonyl (C=O) groups excluding carboxylic acids is 2. The zero-order valence-electron chi connectivity index (χ0n) is 15.0. The van der Waals surface area contributed by atoms with Gasteiger partial charge in [-0.15, -0.1) is 0 Å². The van der Waals surface area contributed by atoms with E-state index in [9.17, 15) is 19.5 Å². The van der Waals surface area contributed by atoms with Crippen LogP contribution in [-0.4, -0.2) is 48.2 Å². The van der Waals surface area contributed by atoms with Crippen molar-refractivity contribution in [3.8, 4) is 0 Å². The van der Waals surface area contributed by atoms with Gasteiger partial charge < -0.3 is 20.1 Å². The lowest BCUT2D eigenvalue weighted by molar-refractivity contribution is -0.149. The molecule has 0 aromatic heterocycles. The fraction of sp³-hybridized carbons (Fsp3) is 0.526. The van der Waals surface area contributed by atoms with Crippen LogP contribution in [-0.2, 0) is 19.1 Å². The highest BCUT2D eigenvalue weighted by Crippen LogP contribution is 2.28. The summed E-state index contributed by atoms with van der Waals surface area (Å²) in [4.78, 5) is 38.4. The number of anilines is 1. The first-order valence-electron chi connectivity index (χ1n) is 8.88. The van der Waals surface area contributed by atoms with E-state index in [1.54, 1.807) is 4.90 Å². The van der Waals surface area contributed by atoms with Gasteiger partial charge in [0.05, 0.1) is 6.61 Å². The van der Waals surface area contributed by atoms with Crippen molar-refractivity contribution in [1.82, 2.24) is 5.32 Å². The van der Waals surface area contributed by atoms with Crippen LogP contribution >= 0.6 is 0 Å². The van der Waals surface area contributed by atoms with Crippen molar-refractivity contribution in [2.75, 3.05) is 24.7 Å². The molecule has 2 heterocycles. The van der Waals surface area contributed by atoms with Crippen molar-refractivity contribution in [2.45, 2.75) is 38.1 Å². The third-order valence-electron chi connectivity index (χ3n) is 5.19. The van der Waals surface area contributed by atoms with E-state index in [1.165, 1.54) is 5.56 Å². The molecule has 0 radical (unpaired) electrons. The highest BCUT2D eigenvalue weighted by Gasteiger charge is 2.47. The first-order chi connectivity index (χ1) is 12.3. The Morgan fingerprint density at radius 3 is 2.54 bits per heavy atom. The predicted octanol–water partition coefficient (Wildman–Crippen LogP) is 1.52. The van der Waals surface area contributed by atoms with Crippen LogP contribution in [0.25, 0.3) is 0 Å². The molecule has 140 valence electrons. The van der Waals surface area contributed by atoms with Crippen LogP contribution < -0.4 is 10.2 Å². The van der Waals surface area contributed by atoms with Crippen LogP contribution in [0.2, 0.25) is 0 Å². The maximum Gasteiger partial charge on any atom is 0.331 e. The van der Waals surface area contributed by atoms with Gasteiger partial charge in [0.2, 0.25) is 11.8 Å². The molecule has 2 saturated heterocycles. The number of nitrogens with one attached hydrogen (secondary N) is 1. The van der Waals surface area contributed by atoms with E-state index in [0.717, 1.165) is 5.69 Å². The summed E-state index contributed by atoms with van der Waals surface area (Å²) in [6, 6.07) is 7.74. The lowest BCUT2D eigenvalue weighted by atomic mass is 9.97. The molecule has 2 unspecified atom stereocenters. The summed E-state index contributed by atoms with van der Waals surface area (Å²) in [5, 5.41) is 12.0. The fourth-order valence-corrected chi connectivity index (χ4v) is 3.43. The molecule has 2 aliphatic rings. The lowest BCUT2D eigenvalue weighted by Crippen LogP contribution is -2.57. The number of rotatable bonds is 5. The molecule has 1 aromatic carbocycles. The van der Waals surface area contributed by atoms with Gasteiger partial charge in [0.15, 0.2) is 5.54 Å². The first-order valence-corrected chi connectivity index (χ1v) is 8.88. The van der Waals surface area contributed by atoms with E-state index < -0.39 is 23.3 Å². The van der Waals surface area contributed by atoms with Crippen molar-refractivity contribution < 1.29 is 24.2 Å². The molecular formula is C19H24N2O5. The molecule has 2 amide bonds. The van der Waals surface area contributed by atoms with Crippen molar-refractivity contribution >= 4 is 23.5 Å². The minimum atomic E-state index is -1.43. The summed E-state index contributed by atoms with van der Waals surface area (Å²) in [7, 11) is 0. The molecule has 26 heavy (non-hydrogen) atoms. The molecular weight excluding hydrogens is 336 g/mol. The summed E-state index contributed by atoms with van der Waals surface area (Å²) < 4.78 is 5.14. The Bertz CT molecular complexity index is 707. The second-order valence-electron chi connectivity index (χ2n) is 7.26. The zero-order valence-corrected chi connectivity index (χ0v) is 15.0. The largest absolute Gasteiger partial charge is 0.479 e. The molecule has 2 aliphatic heterocycles. The third kappa shape index (κ3) is 3.31. The van der Waals surface area contributed by atoms with Crippen molar-refractivity contribution in [1.29, 1.82) is 0 Å².